The number of fused-ring (bicyclic) bond motifs is 1. The molecule has 2 aromatic heterocycles. The number of benzene rings is 1. The molecule has 6 nitrogen and oxygen atoms in total. The van der Waals surface area contributed by atoms with Gasteiger partial charge in [-0.15, -0.1) is 11.3 Å². The molecule has 0 spiro atoms. The second kappa shape index (κ2) is 6.29. The maximum atomic E-state index is 14.6. The highest BCUT2D eigenvalue weighted by Crippen LogP contribution is 2.30. The van der Waals surface area contributed by atoms with Gasteiger partial charge in [0.15, 0.2) is 5.13 Å². The van der Waals surface area contributed by atoms with E-state index in [-0.39, 0.29) is 16.5 Å². The van der Waals surface area contributed by atoms with Crippen LogP contribution in [0.15, 0.2) is 28.5 Å². The number of hydrogen-bond acceptors (Lipinski definition) is 5. The third-order valence-corrected chi connectivity index (χ3v) is 4.90. The third-order valence-electron chi connectivity index (χ3n) is 3.89. The monoisotopic (exact) mass is 361 g/mol. The number of aromatic carboxylic acids is 1. The lowest BCUT2D eigenvalue weighted by Crippen LogP contribution is -2.19. The van der Waals surface area contributed by atoms with Gasteiger partial charge in [-0.05, 0) is 19.1 Å². The average molecular weight is 361 g/mol. The maximum Gasteiger partial charge on any atom is 0.341 e. The van der Waals surface area contributed by atoms with Crippen molar-refractivity contribution >= 4 is 33.3 Å². The number of thiazole rings is 1. The van der Waals surface area contributed by atoms with Crippen LogP contribution in [-0.2, 0) is 6.54 Å². The van der Waals surface area contributed by atoms with Crippen molar-refractivity contribution in [2.75, 3.05) is 19.0 Å². The highest BCUT2D eigenvalue weighted by Gasteiger charge is 2.18. The highest BCUT2D eigenvalue weighted by atomic mass is 32.1. The Morgan fingerprint density at radius 3 is 2.68 bits per heavy atom. The second-order valence-electron chi connectivity index (χ2n) is 5.72. The fourth-order valence-electron chi connectivity index (χ4n) is 2.61. The number of hydrogen-bond donors (Lipinski definition) is 1. The smallest absolute Gasteiger partial charge is 0.341 e. The Kier molecular flexibility index (Phi) is 4.30. The first kappa shape index (κ1) is 17.1. The Labute approximate surface area is 146 Å². The van der Waals surface area contributed by atoms with Gasteiger partial charge >= 0.3 is 5.97 Å². The molecule has 3 rings (SSSR count). The minimum absolute atomic E-state index is 0.0473. The number of carboxylic acid groups (broad SMARTS) is 1. The molecule has 0 fully saturated rings. The summed E-state index contributed by atoms with van der Waals surface area (Å²) in [6.07, 6.45) is 1.29. The van der Waals surface area contributed by atoms with E-state index in [1.165, 1.54) is 17.5 Å². The minimum Gasteiger partial charge on any atom is -0.477 e. The topological polar surface area (TPSA) is 75.4 Å². The lowest BCUT2D eigenvalue weighted by atomic mass is 10.1. The molecule has 0 atom stereocenters. The molecule has 0 aliphatic carbocycles. The number of carboxylic acids is 1. The number of carbonyl (C=O) groups is 1. The van der Waals surface area contributed by atoms with Gasteiger partial charge in [0.05, 0.1) is 11.2 Å². The molecule has 0 unspecified atom stereocenters. The molecule has 130 valence electrons. The minimum atomic E-state index is -1.33. The van der Waals surface area contributed by atoms with Gasteiger partial charge < -0.3 is 14.6 Å². The van der Waals surface area contributed by atoms with Crippen LogP contribution in [0.5, 0.6) is 0 Å². The fourth-order valence-corrected chi connectivity index (χ4v) is 3.37. The maximum absolute atomic E-state index is 14.6. The number of anilines is 1. The summed E-state index contributed by atoms with van der Waals surface area (Å²) in [5.74, 6) is -1.93. The summed E-state index contributed by atoms with van der Waals surface area (Å²) in [6, 6.07) is 2.65. The Balaban J connectivity index is 2.30. The van der Waals surface area contributed by atoms with Crippen LogP contribution in [0.2, 0.25) is 0 Å². The SMILES string of the molecule is CCn1cc(C(=O)O)c(=O)c2cc(F)c(-c3csc(N(C)C)n3)cc21. The quantitative estimate of drug-likeness (QED) is 0.773. The van der Waals surface area contributed by atoms with E-state index in [9.17, 15) is 19.1 Å². The summed E-state index contributed by atoms with van der Waals surface area (Å²) in [4.78, 5) is 29.8. The molecular formula is C17H16FN3O3S. The normalized spacial score (nSPS) is 11.0. The van der Waals surface area contributed by atoms with Gasteiger partial charge in [0.25, 0.3) is 0 Å². The van der Waals surface area contributed by atoms with Crippen molar-refractivity contribution < 1.29 is 14.3 Å². The number of pyridine rings is 1. The van der Waals surface area contributed by atoms with E-state index < -0.39 is 17.2 Å². The third kappa shape index (κ3) is 2.89. The molecule has 3 aromatic rings. The van der Waals surface area contributed by atoms with E-state index >= 15 is 0 Å². The molecule has 8 heteroatoms. The largest absolute Gasteiger partial charge is 0.477 e. The molecule has 0 amide bonds. The first-order chi connectivity index (χ1) is 11.8. The summed E-state index contributed by atoms with van der Waals surface area (Å²) >= 11 is 1.39. The average Bonchev–Trinajstić information content (AvgIpc) is 3.05. The standard InChI is InChI=1S/C17H16FN3O3S/c1-4-21-7-11(16(23)24)15(22)10-5-12(18)9(6-14(10)21)13-8-25-17(19-13)20(2)3/h5-8H,4H2,1-3H3,(H,23,24). The van der Waals surface area contributed by atoms with Gasteiger partial charge in [-0.25, -0.2) is 14.2 Å². The van der Waals surface area contributed by atoms with Crippen molar-refractivity contribution in [2.45, 2.75) is 13.5 Å². The van der Waals surface area contributed by atoms with Crippen LogP contribution in [-0.4, -0.2) is 34.7 Å². The molecule has 0 saturated carbocycles. The fraction of sp³-hybridized carbons (Fsp3) is 0.235. The lowest BCUT2D eigenvalue weighted by molar-refractivity contribution is 0.0695. The van der Waals surface area contributed by atoms with E-state index in [2.05, 4.69) is 4.98 Å². The van der Waals surface area contributed by atoms with Crippen LogP contribution in [0.4, 0.5) is 9.52 Å². The predicted octanol–water partition coefficient (Wildman–Crippen LogP) is 3.05. The Morgan fingerprint density at radius 1 is 1.40 bits per heavy atom. The summed E-state index contributed by atoms with van der Waals surface area (Å²) in [7, 11) is 3.70. The van der Waals surface area contributed by atoms with Crippen molar-refractivity contribution in [1.29, 1.82) is 0 Å². The van der Waals surface area contributed by atoms with E-state index in [0.29, 0.717) is 17.8 Å². The van der Waals surface area contributed by atoms with Crippen molar-refractivity contribution in [3.05, 3.63) is 45.3 Å². The molecular weight excluding hydrogens is 345 g/mol. The molecule has 1 aromatic carbocycles. The van der Waals surface area contributed by atoms with Gasteiger partial charge in [-0.1, -0.05) is 0 Å². The van der Waals surface area contributed by atoms with Crippen LogP contribution in [0, 0.1) is 5.82 Å². The molecule has 25 heavy (non-hydrogen) atoms. The van der Waals surface area contributed by atoms with E-state index in [1.807, 2.05) is 25.9 Å². The summed E-state index contributed by atoms with van der Waals surface area (Å²) < 4.78 is 16.2. The molecule has 0 radical (unpaired) electrons. The van der Waals surface area contributed by atoms with E-state index in [4.69, 9.17) is 0 Å². The number of nitrogens with zero attached hydrogens (tertiary/aromatic N) is 3. The highest BCUT2D eigenvalue weighted by molar-refractivity contribution is 7.14. The Bertz CT molecular complexity index is 1040. The van der Waals surface area contributed by atoms with Crippen molar-refractivity contribution in [3.8, 4) is 11.3 Å². The van der Waals surface area contributed by atoms with Gasteiger partial charge in [-0.2, -0.15) is 0 Å². The van der Waals surface area contributed by atoms with Crippen LogP contribution in [0.25, 0.3) is 22.2 Å². The second-order valence-corrected chi connectivity index (χ2v) is 6.56. The lowest BCUT2D eigenvalue weighted by Gasteiger charge is -2.12. The summed E-state index contributed by atoms with van der Waals surface area (Å²) in [5.41, 5.74) is 0.176. The Morgan fingerprint density at radius 2 is 2.12 bits per heavy atom. The van der Waals surface area contributed by atoms with Gasteiger partial charge in [0, 0.05) is 43.2 Å². The van der Waals surface area contributed by atoms with Crippen molar-refractivity contribution in [2.24, 2.45) is 0 Å². The summed E-state index contributed by atoms with van der Waals surface area (Å²) in [5, 5.41) is 11.7. The molecule has 1 N–H and O–H groups in total. The van der Waals surface area contributed by atoms with Crippen molar-refractivity contribution in [3.63, 3.8) is 0 Å². The number of aromatic nitrogens is 2. The molecule has 0 saturated heterocycles. The predicted molar refractivity (Wildman–Crippen MR) is 96.2 cm³/mol. The zero-order valence-electron chi connectivity index (χ0n) is 13.9. The van der Waals surface area contributed by atoms with E-state index in [0.717, 1.165) is 11.2 Å². The first-order valence-electron chi connectivity index (χ1n) is 7.56. The number of rotatable bonds is 4. The molecule has 0 aliphatic heterocycles. The zero-order valence-corrected chi connectivity index (χ0v) is 14.7. The van der Waals surface area contributed by atoms with Crippen LogP contribution < -0.4 is 10.3 Å². The molecule has 2 heterocycles. The van der Waals surface area contributed by atoms with Crippen LogP contribution >= 0.6 is 11.3 Å². The summed E-state index contributed by atoms with van der Waals surface area (Å²) in [6.45, 7) is 2.27. The number of aryl methyl sites for hydroxylation is 1. The Hall–Kier alpha value is -2.74. The molecule has 0 aliphatic rings. The van der Waals surface area contributed by atoms with Gasteiger partial charge in [0.2, 0.25) is 5.43 Å². The van der Waals surface area contributed by atoms with Crippen LogP contribution in [0.1, 0.15) is 17.3 Å². The first-order valence-corrected chi connectivity index (χ1v) is 8.44. The van der Waals surface area contributed by atoms with E-state index in [1.54, 1.807) is 16.0 Å². The van der Waals surface area contributed by atoms with Crippen LogP contribution in [0.3, 0.4) is 0 Å². The van der Waals surface area contributed by atoms with Crippen molar-refractivity contribution in [1.82, 2.24) is 9.55 Å². The van der Waals surface area contributed by atoms with Gasteiger partial charge in [0.1, 0.15) is 11.4 Å². The molecule has 0 bridgehead atoms. The van der Waals surface area contributed by atoms with Gasteiger partial charge in [-0.3, -0.25) is 4.79 Å². The zero-order chi connectivity index (χ0) is 18.3. The number of halogens is 1.